The van der Waals surface area contributed by atoms with Crippen LogP contribution in [-0.2, 0) is 0 Å². The smallest absolute Gasteiger partial charge is 0.253 e. The SMILES string of the molecule is CCCN(C)c1cc(O)no1. The van der Waals surface area contributed by atoms with E-state index in [1.54, 1.807) is 0 Å². The number of aromatic nitrogens is 1. The minimum Gasteiger partial charge on any atom is -0.491 e. The van der Waals surface area contributed by atoms with Gasteiger partial charge >= 0.3 is 0 Å². The van der Waals surface area contributed by atoms with E-state index in [0.29, 0.717) is 5.88 Å². The van der Waals surface area contributed by atoms with Gasteiger partial charge in [-0.3, -0.25) is 0 Å². The van der Waals surface area contributed by atoms with E-state index in [1.807, 2.05) is 11.9 Å². The van der Waals surface area contributed by atoms with Crippen molar-refractivity contribution in [3.05, 3.63) is 6.07 Å². The summed E-state index contributed by atoms with van der Waals surface area (Å²) in [5.41, 5.74) is 0. The molecule has 1 heterocycles. The Balaban J connectivity index is 2.60. The topological polar surface area (TPSA) is 49.5 Å². The Morgan fingerprint density at radius 3 is 2.91 bits per heavy atom. The molecule has 1 aromatic rings. The summed E-state index contributed by atoms with van der Waals surface area (Å²) in [5.74, 6) is 0.535. The van der Waals surface area contributed by atoms with Crippen LogP contribution in [0.3, 0.4) is 0 Å². The molecule has 0 saturated heterocycles. The zero-order valence-corrected chi connectivity index (χ0v) is 6.74. The van der Waals surface area contributed by atoms with Gasteiger partial charge in [-0.2, -0.15) is 0 Å². The number of hydrogen-bond donors (Lipinski definition) is 1. The molecule has 11 heavy (non-hydrogen) atoms. The highest BCUT2D eigenvalue weighted by Gasteiger charge is 2.05. The minimum absolute atomic E-state index is 0.0667. The van der Waals surface area contributed by atoms with Crippen molar-refractivity contribution in [3.63, 3.8) is 0 Å². The molecule has 0 aliphatic rings. The number of hydrogen-bond acceptors (Lipinski definition) is 4. The van der Waals surface area contributed by atoms with Gasteiger partial charge in [0.1, 0.15) is 0 Å². The van der Waals surface area contributed by atoms with Crippen LogP contribution in [0.4, 0.5) is 5.88 Å². The zero-order chi connectivity index (χ0) is 8.27. The zero-order valence-electron chi connectivity index (χ0n) is 6.74. The molecule has 0 atom stereocenters. The lowest BCUT2D eigenvalue weighted by Crippen LogP contribution is -2.16. The third-order valence-corrected chi connectivity index (χ3v) is 1.42. The van der Waals surface area contributed by atoms with Crippen molar-refractivity contribution >= 4 is 5.88 Å². The van der Waals surface area contributed by atoms with Crippen molar-refractivity contribution in [3.8, 4) is 5.88 Å². The lowest BCUT2D eigenvalue weighted by atomic mass is 10.4. The highest BCUT2D eigenvalue weighted by molar-refractivity contribution is 5.35. The van der Waals surface area contributed by atoms with Gasteiger partial charge in [-0.25, -0.2) is 0 Å². The Hall–Kier alpha value is -1.19. The van der Waals surface area contributed by atoms with Crippen LogP contribution in [0, 0.1) is 0 Å². The first-order valence-electron chi connectivity index (χ1n) is 3.61. The number of nitrogens with zero attached hydrogens (tertiary/aromatic N) is 2. The van der Waals surface area contributed by atoms with Crippen LogP contribution in [0.15, 0.2) is 10.6 Å². The summed E-state index contributed by atoms with van der Waals surface area (Å²) >= 11 is 0. The van der Waals surface area contributed by atoms with E-state index in [2.05, 4.69) is 12.1 Å². The molecule has 1 aromatic heterocycles. The third kappa shape index (κ3) is 1.86. The maximum atomic E-state index is 8.84. The van der Waals surface area contributed by atoms with Crippen molar-refractivity contribution in [2.24, 2.45) is 0 Å². The van der Waals surface area contributed by atoms with E-state index in [1.165, 1.54) is 6.07 Å². The summed E-state index contributed by atoms with van der Waals surface area (Å²) in [6.45, 7) is 2.97. The van der Waals surface area contributed by atoms with Crippen LogP contribution in [0.25, 0.3) is 0 Å². The van der Waals surface area contributed by atoms with Crippen LogP contribution in [0.1, 0.15) is 13.3 Å². The van der Waals surface area contributed by atoms with Crippen LogP contribution < -0.4 is 4.90 Å². The molecule has 0 fully saturated rings. The number of aromatic hydroxyl groups is 1. The van der Waals surface area contributed by atoms with Crippen molar-refractivity contribution < 1.29 is 9.63 Å². The molecule has 0 unspecified atom stereocenters. The number of anilines is 1. The Labute approximate surface area is 65.4 Å². The molecular weight excluding hydrogens is 144 g/mol. The fraction of sp³-hybridized carbons (Fsp3) is 0.571. The lowest BCUT2D eigenvalue weighted by Gasteiger charge is -2.11. The van der Waals surface area contributed by atoms with Crippen molar-refractivity contribution in [2.75, 3.05) is 18.5 Å². The van der Waals surface area contributed by atoms with E-state index in [9.17, 15) is 0 Å². The van der Waals surface area contributed by atoms with Crippen molar-refractivity contribution in [1.82, 2.24) is 5.16 Å². The Morgan fingerprint density at radius 2 is 2.45 bits per heavy atom. The molecule has 0 aliphatic carbocycles. The Bertz CT molecular complexity index is 222. The molecule has 0 saturated carbocycles. The van der Waals surface area contributed by atoms with E-state index in [0.717, 1.165) is 13.0 Å². The highest BCUT2D eigenvalue weighted by atomic mass is 16.5. The predicted octanol–water partition coefficient (Wildman–Crippen LogP) is 1.23. The first-order chi connectivity index (χ1) is 5.24. The lowest BCUT2D eigenvalue weighted by molar-refractivity contribution is 0.361. The van der Waals surface area contributed by atoms with Gasteiger partial charge < -0.3 is 14.5 Å². The standard InChI is InChI=1S/C7H12N2O2/c1-3-4-9(2)7-5-6(10)8-11-7/h5H,3-4H2,1-2H3,(H,8,10). The maximum Gasteiger partial charge on any atom is 0.253 e. The quantitative estimate of drug-likeness (QED) is 0.715. The second kappa shape index (κ2) is 3.27. The Kier molecular flexibility index (Phi) is 2.36. The fourth-order valence-corrected chi connectivity index (χ4v) is 0.882. The average molecular weight is 156 g/mol. The monoisotopic (exact) mass is 156 g/mol. The first kappa shape index (κ1) is 7.91. The largest absolute Gasteiger partial charge is 0.491 e. The summed E-state index contributed by atoms with van der Waals surface area (Å²) in [4.78, 5) is 1.90. The summed E-state index contributed by atoms with van der Waals surface area (Å²) in [6, 6.07) is 1.50. The first-order valence-corrected chi connectivity index (χ1v) is 3.61. The molecule has 0 amide bonds. The van der Waals surface area contributed by atoms with E-state index in [4.69, 9.17) is 9.63 Å². The second-order valence-corrected chi connectivity index (χ2v) is 2.44. The van der Waals surface area contributed by atoms with Gasteiger partial charge in [-0.05, 0) is 11.6 Å². The molecule has 4 heteroatoms. The van der Waals surface area contributed by atoms with Crippen LogP contribution in [0.2, 0.25) is 0 Å². The highest BCUT2D eigenvalue weighted by Crippen LogP contribution is 2.17. The summed E-state index contributed by atoms with van der Waals surface area (Å²) in [7, 11) is 1.89. The van der Waals surface area contributed by atoms with Gasteiger partial charge in [0.15, 0.2) is 0 Å². The minimum atomic E-state index is -0.0667. The average Bonchev–Trinajstić information content (AvgIpc) is 2.36. The molecule has 1 N–H and O–H groups in total. The Morgan fingerprint density at radius 1 is 1.73 bits per heavy atom. The molecule has 0 bridgehead atoms. The second-order valence-electron chi connectivity index (χ2n) is 2.44. The third-order valence-electron chi connectivity index (χ3n) is 1.42. The molecule has 0 radical (unpaired) electrons. The molecule has 0 aromatic carbocycles. The normalized spacial score (nSPS) is 10.0. The van der Waals surface area contributed by atoms with Crippen LogP contribution >= 0.6 is 0 Å². The predicted molar refractivity (Wildman–Crippen MR) is 41.7 cm³/mol. The van der Waals surface area contributed by atoms with Crippen LogP contribution in [0.5, 0.6) is 5.88 Å². The molecule has 0 aliphatic heterocycles. The van der Waals surface area contributed by atoms with Gasteiger partial charge in [-0.1, -0.05) is 6.92 Å². The van der Waals surface area contributed by atoms with Gasteiger partial charge in [0.25, 0.3) is 5.88 Å². The molecular formula is C7H12N2O2. The van der Waals surface area contributed by atoms with Gasteiger partial charge in [0.05, 0.1) is 6.07 Å². The summed E-state index contributed by atoms with van der Waals surface area (Å²) in [5, 5.41) is 12.2. The van der Waals surface area contributed by atoms with Gasteiger partial charge in [0.2, 0.25) is 5.88 Å². The van der Waals surface area contributed by atoms with Crippen LogP contribution in [-0.4, -0.2) is 23.9 Å². The molecule has 0 spiro atoms. The fourth-order valence-electron chi connectivity index (χ4n) is 0.882. The summed E-state index contributed by atoms with van der Waals surface area (Å²) < 4.78 is 4.80. The van der Waals surface area contributed by atoms with Crippen molar-refractivity contribution in [2.45, 2.75) is 13.3 Å². The van der Waals surface area contributed by atoms with E-state index < -0.39 is 0 Å². The molecule has 4 nitrogen and oxygen atoms in total. The van der Waals surface area contributed by atoms with Gasteiger partial charge in [0, 0.05) is 13.6 Å². The van der Waals surface area contributed by atoms with Crippen molar-refractivity contribution in [1.29, 1.82) is 0 Å². The maximum absolute atomic E-state index is 8.84. The van der Waals surface area contributed by atoms with E-state index >= 15 is 0 Å². The summed E-state index contributed by atoms with van der Waals surface area (Å²) in [6.07, 6.45) is 1.04. The van der Waals surface area contributed by atoms with Gasteiger partial charge in [-0.15, -0.1) is 0 Å². The van der Waals surface area contributed by atoms with E-state index in [-0.39, 0.29) is 5.88 Å². The molecule has 62 valence electrons. The molecule has 1 rings (SSSR count). The number of rotatable bonds is 3.